The van der Waals surface area contributed by atoms with E-state index >= 15 is 0 Å². The van der Waals surface area contributed by atoms with Crippen LogP contribution in [0.3, 0.4) is 0 Å². The highest BCUT2D eigenvalue weighted by Gasteiger charge is 2.30. The predicted molar refractivity (Wildman–Crippen MR) is 97.9 cm³/mol. The van der Waals surface area contributed by atoms with E-state index in [1.807, 2.05) is 48.2 Å². The summed E-state index contributed by atoms with van der Waals surface area (Å²) in [5, 5.41) is 12.6. The summed E-state index contributed by atoms with van der Waals surface area (Å²) in [7, 11) is 0. The Morgan fingerprint density at radius 3 is 2.54 bits per heavy atom. The molecule has 2 unspecified atom stereocenters. The van der Waals surface area contributed by atoms with Gasteiger partial charge in [0.2, 0.25) is 5.91 Å². The molecule has 0 bridgehead atoms. The first-order chi connectivity index (χ1) is 11.6. The third-order valence-electron chi connectivity index (χ3n) is 4.95. The first-order valence-electron chi connectivity index (χ1n) is 8.69. The van der Waals surface area contributed by atoms with Crippen molar-refractivity contribution in [2.45, 2.75) is 32.3 Å². The van der Waals surface area contributed by atoms with Crippen molar-refractivity contribution in [3.05, 3.63) is 58.3 Å². The third-order valence-corrected chi connectivity index (χ3v) is 5.85. The molecule has 0 saturated carbocycles. The van der Waals surface area contributed by atoms with Crippen molar-refractivity contribution < 1.29 is 9.90 Å². The standard InChI is InChI=1S/C20H25NO2S/c1-15(14-18-8-5-13-24-18)20(23)21-11-9-17(10-12-21)19(22)16-6-3-2-4-7-16/h2-8,13,15,17,19,22H,9-12,14H2,1H3. The van der Waals surface area contributed by atoms with Crippen LogP contribution in [-0.2, 0) is 11.2 Å². The Kier molecular flexibility index (Phi) is 5.69. The maximum absolute atomic E-state index is 12.6. The highest BCUT2D eigenvalue weighted by Crippen LogP contribution is 2.31. The van der Waals surface area contributed by atoms with Crippen LogP contribution in [-0.4, -0.2) is 29.0 Å². The lowest BCUT2D eigenvalue weighted by Gasteiger charge is -2.35. The summed E-state index contributed by atoms with van der Waals surface area (Å²) in [4.78, 5) is 15.9. The van der Waals surface area contributed by atoms with Gasteiger partial charge in [-0.1, -0.05) is 43.3 Å². The van der Waals surface area contributed by atoms with Gasteiger partial charge in [-0.3, -0.25) is 4.79 Å². The van der Waals surface area contributed by atoms with E-state index in [0.717, 1.165) is 37.9 Å². The van der Waals surface area contributed by atoms with Crippen LogP contribution < -0.4 is 0 Å². The van der Waals surface area contributed by atoms with Gasteiger partial charge in [0.1, 0.15) is 0 Å². The number of rotatable bonds is 5. The Balaban J connectivity index is 1.52. The summed E-state index contributed by atoms with van der Waals surface area (Å²) in [5.74, 6) is 0.513. The van der Waals surface area contributed by atoms with Gasteiger partial charge in [-0.05, 0) is 42.2 Å². The fraction of sp³-hybridized carbons (Fsp3) is 0.450. The Morgan fingerprint density at radius 1 is 1.21 bits per heavy atom. The van der Waals surface area contributed by atoms with Gasteiger partial charge in [-0.15, -0.1) is 11.3 Å². The number of carbonyl (C=O) groups excluding carboxylic acids is 1. The summed E-state index contributed by atoms with van der Waals surface area (Å²) in [6, 6.07) is 14.0. The molecular formula is C20H25NO2S. The molecule has 0 radical (unpaired) electrons. The molecule has 4 heteroatoms. The average Bonchev–Trinajstić information content (AvgIpc) is 3.14. The molecule has 3 rings (SSSR count). The van der Waals surface area contributed by atoms with Crippen LogP contribution in [0.15, 0.2) is 47.8 Å². The van der Waals surface area contributed by atoms with Crippen LogP contribution in [0.2, 0.25) is 0 Å². The largest absolute Gasteiger partial charge is 0.388 e. The Morgan fingerprint density at radius 2 is 1.92 bits per heavy atom. The number of likely N-dealkylation sites (tertiary alicyclic amines) is 1. The monoisotopic (exact) mass is 343 g/mol. The molecule has 1 aliphatic rings. The maximum Gasteiger partial charge on any atom is 0.225 e. The molecule has 0 aliphatic carbocycles. The quantitative estimate of drug-likeness (QED) is 0.894. The molecule has 1 aromatic carbocycles. The lowest BCUT2D eigenvalue weighted by molar-refractivity contribution is -0.137. The van der Waals surface area contributed by atoms with Crippen LogP contribution in [0.4, 0.5) is 0 Å². The molecule has 1 fully saturated rings. The SMILES string of the molecule is CC(Cc1cccs1)C(=O)N1CCC(C(O)c2ccccc2)CC1. The van der Waals surface area contributed by atoms with Crippen molar-refractivity contribution >= 4 is 17.2 Å². The van der Waals surface area contributed by atoms with Crippen LogP contribution in [0, 0.1) is 11.8 Å². The van der Waals surface area contributed by atoms with Crippen molar-refractivity contribution in [3.63, 3.8) is 0 Å². The van der Waals surface area contributed by atoms with Crippen molar-refractivity contribution in [1.82, 2.24) is 4.90 Å². The fourth-order valence-corrected chi connectivity index (χ4v) is 4.32. The van der Waals surface area contributed by atoms with Gasteiger partial charge < -0.3 is 10.0 Å². The predicted octanol–water partition coefficient (Wildman–Crippen LogP) is 3.90. The van der Waals surface area contributed by atoms with Gasteiger partial charge in [0.25, 0.3) is 0 Å². The summed E-state index contributed by atoms with van der Waals surface area (Å²) < 4.78 is 0. The fourth-order valence-electron chi connectivity index (χ4n) is 3.49. The Labute approximate surface area is 147 Å². The molecule has 24 heavy (non-hydrogen) atoms. The summed E-state index contributed by atoms with van der Waals surface area (Å²) in [6.07, 6.45) is 2.14. The lowest BCUT2D eigenvalue weighted by atomic mass is 9.87. The maximum atomic E-state index is 12.6. The van der Waals surface area contributed by atoms with Crippen molar-refractivity contribution in [3.8, 4) is 0 Å². The van der Waals surface area contributed by atoms with Gasteiger partial charge in [-0.25, -0.2) is 0 Å². The van der Waals surface area contributed by atoms with Gasteiger partial charge in [0.05, 0.1) is 6.10 Å². The highest BCUT2D eigenvalue weighted by atomic mass is 32.1. The summed E-state index contributed by atoms with van der Waals surface area (Å²) in [6.45, 7) is 3.53. The van der Waals surface area contributed by atoms with Crippen LogP contribution in [0.25, 0.3) is 0 Å². The zero-order valence-electron chi connectivity index (χ0n) is 14.1. The first kappa shape index (κ1) is 17.2. The topological polar surface area (TPSA) is 40.5 Å². The first-order valence-corrected chi connectivity index (χ1v) is 9.57. The molecule has 1 aromatic heterocycles. The smallest absolute Gasteiger partial charge is 0.225 e. The zero-order valence-corrected chi connectivity index (χ0v) is 14.9. The van der Waals surface area contributed by atoms with Crippen LogP contribution >= 0.6 is 11.3 Å². The molecule has 1 N–H and O–H groups in total. The van der Waals surface area contributed by atoms with E-state index in [-0.39, 0.29) is 17.7 Å². The Bertz CT molecular complexity index is 633. The minimum absolute atomic E-state index is 0.0271. The second kappa shape index (κ2) is 7.95. The molecule has 0 spiro atoms. The van der Waals surface area contributed by atoms with Crippen molar-refractivity contribution in [2.75, 3.05) is 13.1 Å². The molecule has 2 heterocycles. The number of hydrogen-bond acceptors (Lipinski definition) is 3. The molecule has 128 valence electrons. The number of thiophene rings is 1. The number of hydrogen-bond donors (Lipinski definition) is 1. The molecule has 1 aliphatic heterocycles. The number of nitrogens with zero attached hydrogens (tertiary/aromatic N) is 1. The van der Waals surface area contributed by atoms with Crippen LogP contribution in [0.5, 0.6) is 0 Å². The van der Waals surface area contributed by atoms with Crippen molar-refractivity contribution in [2.24, 2.45) is 11.8 Å². The minimum Gasteiger partial charge on any atom is -0.388 e. The molecule has 1 saturated heterocycles. The third kappa shape index (κ3) is 4.05. The van der Waals surface area contributed by atoms with E-state index in [1.165, 1.54) is 4.88 Å². The second-order valence-electron chi connectivity index (χ2n) is 6.70. The van der Waals surface area contributed by atoms with E-state index in [9.17, 15) is 9.90 Å². The molecular weight excluding hydrogens is 318 g/mol. The molecule has 3 nitrogen and oxygen atoms in total. The van der Waals surface area contributed by atoms with Gasteiger partial charge >= 0.3 is 0 Å². The number of piperidine rings is 1. The van der Waals surface area contributed by atoms with Gasteiger partial charge in [0, 0.05) is 23.9 Å². The molecule has 2 aromatic rings. The van der Waals surface area contributed by atoms with E-state index < -0.39 is 6.10 Å². The number of aliphatic hydroxyl groups excluding tert-OH is 1. The van der Waals surface area contributed by atoms with E-state index in [2.05, 4.69) is 11.4 Å². The van der Waals surface area contributed by atoms with E-state index in [1.54, 1.807) is 11.3 Å². The van der Waals surface area contributed by atoms with Crippen molar-refractivity contribution in [1.29, 1.82) is 0 Å². The van der Waals surface area contributed by atoms with Gasteiger partial charge in [0.15, 0.2) is 0 Å². The Hall–Kier alpha value is -1.65. The second-order valence-corrected chi connectivity index (χ2v) is 7.74. The summed E-state index contributed by atoms with van der Waals surface area (Å²) in [5.41, 5.74) is 0.980. The minimum atomic E-state index is -0.424. The lowest BCUT2D eigenvalue weighted by Crippen LogP contribution is -2.42. The highest BCUT2D eigenvalue weighted by molar-refractivity contribution is 7.09. The van der Waals surface area contributed by atoms with E-state index in [0.29, 0.717) is 0 Å². The molecule has 2 atom stereocenters. The molecule has 1 amide bonds. The zero-order chi connectivity index (χ0) is 16.9. The van der Waals surface area contributed by atoms with E-state index in [4.69, 9.17) is 0 Å². The number of amides is 1. The number of carbonyl (C=O) groups is 1. The summed E-state index contributed by atoms with van der Waals surface area (Å²) >= 11 is 1.71. The average molecular weight is 343 g/mol. The van der Waals surface area contributed by atoms with Gasteiger partial charge in [-0.2, -0.15) is 0 Å². The van der Waals surface area contributed by atoms with Crippen LogP contribution in [0.1, 0.15) is 36.3 Å². The number of benzene rings is 1. The normalized spacial score (nSPS) is 18.3. The number of aliphatic hydroxyl groups is 1.